The van der Waals surface area contributed by atoms with Crippen molar-refractivity contribution in [3.8, 4) is 0 Å². The second-order valence-corrected chi connectivity index (χ2v) is 4.07. The maximum absolute atomic E-state index is 11.1. The number of nitrogens with zero attached hydrogens (tertiary/aromatic N) is 2. The Labute approximate surface area is 100 Å². The highest BCUT2D eigenvalue weighted by atomic mass is 16.5. The van der Waals surface area contributed by atoms with Gasteiger partial charge in [-0.15, -0.1) is 0 Å². The van der Waals surface area contributed by atoms with E-state index in [0.717, 1.165) is 18.9 Å². The first-order valence-electron chi connectivity index (χ1n) is 5.69. The van der Waals surface area contributed by atoms with Gasteiger partial charge >= 0.3 is 5.97 Å². The molecule has 0 spiro atoms. The molecule has 0 aromatic carbocycles. The predicted molar refractivity (Wildman–Crippen MR) is 62.7 cm³/mol. The van der Waals surface area contributed by atoms with Crippen molar-refractivity contribution in [1.82, 2.24) is 4.98 Å². The van der Waals surface area contributed by atoms with Crippen LogP contribution < -0.4 is 4.90 Å². The van der Waals surface area contributed by atoms with E-state index < -0.39 is 12.1 Å². The number of anilines is 1. The molecule has 1 aliphatic rings. The molecule has 2 heterocycles. The number of hydrogen-bond donors (Lipinski definition) is 1. The van der Waals surface area contributed by atoms with Crippen molar-refractivity contribution in [2.75, 3.05) is 25.1 Å². The zero-order valence-corrected chi connectivity index (χ0v) is 9.80. The Hall–Kier alpha value is -1.62. The van der Waals surface area contributed by atoms with Crippen LogP contribution >= 0.6 is 0 Å². The van der Waals surface area contributed by atoms with Gasteiger partial charge in [-0.1, -0.05) is 6.07 Å². The van der Waals surface area contributed by atoms with Crippen molar-refractivity contribution in [3.05, 3.63) is 23.9 Å². The van der Waals surface area contributed by atoms with E-state index in [2.05, 4.69) is 14.6 Å². The molecule has 0 amide bonds. The van der Waals surface area contributed by atoms with Crippen LogP contribution in [0.1, 0.15) is 24.5 Å². The van der Waals surface area contributed by atoms with Gasteiger partial charge in [0.1, 0.15) is 5.82 Å². The van der Waals surface area contributed by atoms with Gasteiger partial charge in [0.25, 0.3) is 0 Å². The van der Waals surface area contributed by atoms with Crippen molar-refractivity contribution in [3.63, 3.8) is 0 Å². The lowest BCUT2D eigenvalue weighted by molar-refractivity contribution is -0.150. The van der Waals surface area contributed by atoms with E-state index >= 15 is 0 Å². The van der Waals surface area contributed by atoms with Crippen molar-refractivity contribution < 1.29 is 14.6 Å². The van der Waals surface area contributed by atoms with E-state index in [4.69, 9.17) is 0 Å². The minimum Gasteiger partial charge on any atom is -0.467 e. The zero-order valence-electron chi connectivity index (χ0n) is 9.80. The highest BCUT2D eigenvalue weighted by Gasteiger charge is 2.19. The third-order valence-corrected chi connectivity index (χ3v) is 2.94. The number of esters is 1. The molecule has 1 aromatic heterocycles. The van der Waals surface area contributed by atoms with Gasteiger partial charge in [0, 0.05) is 24.8 Å². The number of carbonyl (C=O) groups excluding carboxylic acids is 1. The molecule has 0 saturated carbocycles. The fourth-order valence-electron chi connectivity index (χ4n) is 1.94. The second kappa shape index (κ2) is 5.14. The molecule has 1 unspecified atom stereocenters. The summed E-state index contributed by atoms with van der Waals surface area (Å²) in [7, 11) is 1.25. The van der Waals surface area contributed by atoms with Crippen LogP contribution in [0.15, 0.2) is 18.3 Å². The molecule has 0 radical (unpaired) electrons. The molecule has 92 valence electrons. The first kappa shape index (κ1) is 11.9. The fourth-order valence-corrected chi connectivity index (χ4v) is 1.94. The Morgan fingerprint density at radius 3 is 2.71 bits per heavy atom. The molecule has 1 aliphatic heterocycles. The molecule has 1 atom stereocenters. The van der Waals surface area contributed by atoms with Crippen molar-refractivity contribution in [1.29, 1.82) is 0 Å². The highest BCUT2D eigenvalue weighted by molar-refractivity contribution is 5.76. The van der Waals surface area contributed by atoms with Crippen molar-refractivity contribution in [2.45, 2.75) is 18.9 Å². The van der Waals surface area contributed by atoms with Crippen molar-refractivity contribution in [2.24, 2.45) is 0 Å². The maximum atomic E-state index is 11.1. The van der Waals surface area contributed by atoms with Gasteiger partial charge in [0.05, 0.1) is 7.11 Å². The molecule has 2 rings (SSSR count). The average Bonchev–Trinajstić information content (AvgIpc) is 2.91. The van der Waals surface area contributed by atoms with E-state index in [9.17, 15) is 9.90 Å². The number of pyridine rings is 1. The zero-order chi connectivity index (χ0) is 12.3. The van der Waals surface area contributed by atoms with Gasteiger partial charge in [-0.2, -0.15) is 0 Å². The Kier molecular flexibility index (Phi) is 3.58. The van der Waals surface area contributed by atoms with Gasteiger partial charge in [-0.05, 0) is 18.9 Å². The molecular weight excluding hydrogens is 220 g/mol. The SMILES string of the molecule is COC(=O)C(O)c1ccc(N2CCCC2)nc1. The van der Waals surface area contributed by atoms with E-state index in [1.54, 1.807) is 6.07 Å². The van der Waals surface area contributed by atoms with Crippen LogP contribution in [0.3, 0.4) is 0 Å². The lowest BCUT2D eigenvalue weighted by atomic mass is 10.1. The number of rotatable bonds is 3. The first-order chi connectivity index (χ1) is 8.22. The Morgan fingerprint density at radius 2 is 2.18 bits per heavy atom. The van der Waals surface area contributed by atoms with Crippen LogP contribution in [0, 0.1) is 0 Å². The van der Waals surface area contributed by atoms with Gasteiger partial charge in [-0.3, -0.25) is 0 Å². The Morgan fingerprint density at radius 1 is 1.47 bits per heavy atom. The van der Waals surface area contributed by atoms with E-state index in [1.165, 1.54) is 26.1 Å². The lowest BCUT2D eigenvalue weighted by Crippen LogP contribution is -2.19. The number of hydrogen-bond acceptors (Lipinski definition) is 5. The highest BCUT2D eigenvalue weighted by Crippen LogP contribution is 2.20. The van der Waals surface area contributed by atoms with Crippen LogP contribution in [0.5, 0.6) is 0 Å². The summed E-state index contributed by atoms with van der Waals surface area (Å²) >= 11 is 0. The molecular formula is C12H16N2O3. The summed E-state index contributed by atoms with van der Waals surface area (Å²) in [5.74, 6) is 0.226. The molecule has 0 bridgehead atoms. The molecule has 1 N–H and O–H groups in total. The molecule has 1 aromatic rings. The Balaban J connectivity index is 2.09. The molecule has 1 fully saturated rings. The van der Waals surface area contributed by atoms with Crippen LogP contribution in [0.25, 0.3) is 0 Å². The maximum Gasteiger partial charge on any atom is 0.339 e. The average molecular weight is 236 g/mol. The summed E-state index contributed by atoms with van der Waals surface area (Å²) in [6.45, 7) is 2.04. The largest absolute Gasteiger partial charge is 0.467 e. The summed E-state index contributed by atoms with van der Waals surface area (Å²) in [6, 6.07) is 3.54. The molecule has 0 aliphatic carbocycles. The van der Waals surface area contributed by atoms with Crippen LogP contribution in [0.2, 0.25) is 0 Å². The normalized spacial score (nSPS) is 16.9. The lowest BCUT2D eigenvalue weighted by Gasteiger charge is -2.16. The fraction of sp³-hybridized carbons (Fsp3) is 0.500. The quantitative estimate of drug-likeness (QED) is 0.790. The topological polar surface area (TPSA) is 62.7 Å². The summed E-state index contributed by atoms with van der Waals surface area (Å²) in [5.41, 5.74) is 0.458. The van der Waals surface area contributed by atoms with E-state index in [-0.39, 0.29) is 0 Å². The van der Waals surface area contributed by atoms with E-state index in [0.29, 0.717) is 5.56 Å². The number of ether oxygens (including phenoxy) is 1. The number of methoxy groups -OCH3 is 1. The first-order valence-corrected chi connectivity index (χ1v) is 5.69. The minimum atomic E-state index is -1.25. The van der Waals surface area contributed by atoms with Crippen molar-refractivity contribution >= 4 is 11.8 Å². The predicted octanol–water partition coefficient (Wildman–Crippen LogP) is 0.888. The number of aromatic nitrogens is 1. The molecule has 17 heavy (non-hydrogen) atoms. The van der Waals surface area contributed by atoms with Gasteiger partial charge in [0.2, 0.25) is 0 Å². The standard InChI is InChI=1S/C12H16N2O3/c1-17-12(16)11(15)9-4-5-10(13-8-9)14-6-2-3-7-14/h4-5,8,11,15H,2-3,6-7H2,1H3. The molecule has 5 heteroatoms. The summed E-state index contributed by atoms with van der Waals surface area (Å²) in [5, 5.41) is 9.62. The van der Waals surface area contributed by atoms with Crippen LogP contribution in [-0.2, 0) is 9.53 Å². The number of aliphatic hydroxyl groups excluding tert-OH is 1. The monoisotopic (exact) mass is 236 g/mol. The van der Waals surface area contributed by atoms with E-state index in [1.807, 2.05) is 6.07 Å². The summed E-state index contributed by atoms with van der Waals surface area (Å²) in [6.07, 6.45) is 2.65. The third kappa shape index (κ3) is 2.55. The summed E-state index contributed by atoms with van der Waals surface area (Å²) < 4.78 is 4.47. The van der Waals surface area contributed by atoms with Gasteiger partial charge < -0.3 is 14.7 Å². The smallest absolute Gasteiger partial charge is 0.339 e. The van der Waals surface area contributed by atoms with Crippen LogP contribution in [-0.4, -0.2) is 36.3 Å². The molecule has 1 saturated heterocycles. The van der Waals surface area contributed by atoms with Crippen LogP contribution in [0.4, 0.5) is 5.82 Å². The summed E-state index contributed by atoms with van der Waals surface area (Å²) in [4.78, 5) is 17.6. The minimum absolute atomic E-state index is 0.458. The second-order valence-electron chi connectivity index (χ2n) is 4.07. The molecule has 5 nitrogen and oxygen atoms in total. The van der Waals surface area contributed by atoms with Gasteiger partial charge in [0.15, 0.2) is 6.10 Å². The Bertz CT molecular complexity index is 385. The van der Waals surface area contributed by atoms with Gasteiger partial charge in [-0.25, -0.2) is 9.78 Å². The number of aliphatic hydroxyl groups is 1. The number of carbonyl (C=O) groups is 1. The third-order valence-electron chi connectivity index (χ3n) is 2.94.